The van der Waals surface area contributed by atoms with E-state index < -0.39 is 70.7 Å². The monoisotopic (exact) mass is 602 g/mol. The number of carbonyl (C=O) groups is 2. The predicted octanol–water partition coefficient (Wildman–Crippen LogP) is 6.93. The number of carbonyl (C=O) groups excluding carboxylic acids is 2. The first-order chi connectivity index (χ1) is 16.4. The molecule has 0 aromatic heterocycles. The SMILES string of the molecule is O=C(C(F)(F)C(F)(F)C(F)(F)F)C(F)(C(F)(F)F)C(F)(F)C(=O)C(F)(C(F)(F)F)C(F)(F)c1ccccc1. The van der Waals surface area contributed by atoms with Crippen LogP contribution in [0.5, 0.6) is 0 Å². The van der Waals surface area contributed by atoms with E-state index in [4.69, 9.17) is 0 Å². The van der Waals surface area contributed by atoms with Crippen molar-refractivity contribution < 1.29 is 93.0 Å². The third kappa shape index (κ3) is 4.34. The molecule has 0 aliphatic heterocycles. The van der Waals surface area contributed by atoms with Crippen LogP contribution in [0.4, 0.5) is 83.4 Å². The van der Waals surface area contributed by atoms with Crippen LogP contribution in [0.25, 0.3) is 0 Å². The molecule has 0 saturated heterocycles. The van der Waals surface area contributed by atoms with Crippen LogP contribution < -0.4 is 0 Å². The number of Topliss-reactive ketones (excluding diaryl/α,β-unsaturated/α-hetero) is 2. The third-order valence-electron chi connectivity index (χ3n) is 4.73. The molecule has 1 aromatic carbocycles. The van der Waals surface area contributed by atoms with Crippen molar-refractivity contribution in [2.24, 2.45) is 0 Å². The minimum absolute atomic E-state index is 0.263. The summed E-state index contributed by atoms with van der Waals surface area (Å²) in [6, 6.07) is 0.770. The second kappa shape index (κ2) is 8.88. The van der Waals surface area contributed by atoms with Crippen LogP contribution in [0.2, 0.25) is 0 Å². The zero-order valence-corrected chi connectivity index (χ0v) is 16.9. The van der Waals surface area contributed by atoms with E-state index in [9.17, 15) is 93.0 Å². The van der Waals surface area contributed by atoms with E-state index in [2.05, 4.69) is 0 Å². The fraction of sp³-hybridized carbons (Fsp3) is 0.529. The van der Waals surface area contributed by atoms with Gasteiger partial charge in [-0.1, -0.05) is 30.3 Å². The maximum Gasteiger partial charge on any atom is 0.460 e. The number of benzene rings is 1. The molecule has 2 nitrogen and oxygen atoms in total. The average Bonchev–Trinajstić information content (AvgIpc) is 2.74. The maximum absolute atomic E-state index is 14.7. The highest BCUT2D eigenvalue weighted by Crippen LogP contribution is 2.59. The van der Waals surface area contributed by atoms with E-state index in [-0.39, 0.29) is 12.1 Å². The van der Waals surface area contributed by atoms with Gasteiger partial charge in [0, 0.05) is 5.56 Å². The average molecular weight is 602 g/mol. The predicted molar refractivity (Wildman–Crippen MR) is 81.0 cm³/mol. The van der Waals surface area contributed by atoms with Crippen molar-refractivity contribution in [2.75, 3.05) is 0 Å². The molecule has 0 spiro atoms. The molecular formula is C17H5F19O2. The fourth-order valence-corrected chi connectivity index (χ4v) is 2.65. The molecule has 1 rings (SSSR count). The van der Waals surface area contributed by atoms with Crippen LogP contribution in [0.1, 0.15) is 5.56 Å². The van der Waals surface area contributed by atoms with Crippen molar-refractivity contribution in [1.29, 1.82) is 0 Å². The first-order valence-corrected chi connectivity index (χ1v) is 8.66. The lowest BCUT2D eigenvalue weighted by Crippen LogP contribution is -2.75. The van der Waals surface area contributed by atoms with E-state index >= 15 is 0 Å². The Morgan fingerprint density at radius 2 is 0.789 bits per heavy atom. The Bertz CT molecular complexity index is 1050. The van der Waals surface area contributed by atoms with Crippen LogP contribution in [0.15, 0.2) is 30.3 Å². The summed E-state index contributed by atoms with van der Waals surface area (Å²) in [4.78, 5) is 22.9. The number of alkyl halides is 19. The second-order valence-corrected chi connectivity index (χ2v) is 7.13. The molecule has 0 fully saturated rings. The van der Waals surface area contributed by atoms with Crippen LogP contribution in [-0.2, 0) is 15.5 Å². The Hall–Kier alpha value is -2.77. The lowest BCUT2D eigenvalue weighted by Gasteiger charge is -2.40. The molecular weight excluding hydrogens is 597 g/mol. The fourth-order valence-electron chi connectivity index (χ4n) is 2.65. The van der Waals surface area contributed by atoms with Gasteiger partial charge in [-0.3, -0.25) is 9.59 Å². The van der Waals surface area contributed by atoms with Crippen molar-refractivity contribution in [3.63, 3.8) is 0 Å². The molecule has 0 amide bonds. The van der Waals surface area contributed by atoms with E-state index in [1.807, 2.05) is 0 Å². The van der Waals surface area contributed by atoms with Gasteiger partial charge in [-0.2, -0.15) is 74.6 Å². The minimum Gasteiger partial charge on any atom is -0.288 e. The van der Waals surface area contributed by atoms with Gasteiger partial charge < -0.3 is 0 Å². The largest absolute Gasteiger partial charge is 0.460 e. The van der Waals surface area contributed by atoms with Crippen LogP contribution in [-0.4, -0.2) is 59.2 Å². The van der Waals surface area contributed by atoms with Gasteiger partial charge in [-0.15, -0.1) is 0 Å². The van der Waals surface area contributed by atoms with Crippen molar-refractivity contribution in [3.8, 4) is 0 Å². The van der Waals surface area contributed by atoms with Gasteiger partial charge in [-0.25, -0.2) is 8.78 Å². The molecule has 0 bridgehead atoms. The van der Waals surface area contributed by atoms with Gasteiger partial charge in [0.25, 0.3) is 11.6 Å². The molecule has 2 unspecified atom stereocenters. The van der Waals surface area contributed by atoms with Gasteiger partial charge in [0.2, 0.25) is 0 Å². The first kappa shape index (κ1) is 33.3. The number of halogens is 19. The summed E-state index contributed by atoms with van der Waals surface area (Å²) < 4.78 is 255. The van der Waals surface area contributed by atoms with Gasteiger partial charge >= 0.3 is 53.6 Å². The lowest BCUT2D eigenvalue weighted by molar-refractivity contribution is -0.355. The number of ketones is 2. The highest BCUT2D eigenvalue weighted by molar-refractivity contribution is 6.06. The lowest BCUT2D eigenvalue weighted by atomic mass is 9.76. The highest BCUT2D eigenvalue weighted by Gasteiger charge is 2.91. The van der Waals surface area contributed by atoms with Gasteiger partial charge in [-0.05, 0) is 0 Å². The molecule has 21 heteroatoms. The zero-order chi connectivity index (χ0) is 30.8. The molecule has 38 heavy (non-hydrogen) atoms. The van der Waals surface area contributed by atoms with E-state index in [1.54, 1.807) is 0 Å². The standard InChI is InChI=1S/C17H5F19O2/c18-9(15(28,29)30,11(20,21)6-4-2-1-3-5-6)7(37)12(22,23)10(19,16(31,32)33)8(38)13(24,25)14(26,27)17(34,35)36/h1-5H. The molecule has 0 heterocycles. The van der Waals surface area contributed by atoms with E-state index in [0.29, 0.717) is 18.2 Å². The number of rotatable bonds is 8. The quantitative estimate of drug-likeness (QED) is 0.303. The minimum atomic E-state index is -8.56. The highest BCUT2D eigenvalue weighted by atomic mass is 19.4. The molecule has 0 N–H and O–H groups in total. The molecule has 0 saturated carbocycles. The summed E-state index contributed by atoms with van der Waals surface area (Å²) in [6.07, 6.45) is -24.0. The molecule has 0 radical (unpaired) electrons. The summed E-state index contributed by atoms with van der Waals surface area (Å²) in [5.41, 5.74) is -18.7. The summed E-state index contributed by atoms with van der Waals surface area (Å²) in [7, 11) is 0. The summed E-state index contributed by atoms with van der Waals surface area (Å²) in [5, 5.41) is 0. The van der Waals surface area contributed by atoms with Gasteiger partial charge in [0.15, 0.2) is 0 Å². The second-order valence-electron chi connectivity index (χ2n) is 7.13. The molecule has 0 aliphatic rings. The topological polar surface area (TPSA) is 34.1 Å². The van der Waals surface area contributed by atoms with Gasteiger partial charge in [0.1, 0.15) is 0 Å². The first-order valence-electron chi connectivity index (χ1n) is 8.66. The van der Waals surface area contributed by atoms with E-state index in [1.165, 1.54) is 0 Å². The normalized spacial score (nSPS) is 18.0. The Morgan fingerprint density at radius 1 is 0.447 bits per heavy atom. The molecule has 2 atom stereocenters. The van der Waals surface area contributed by atoms with Crippen LogP contribution >= 0.6 is 0 Å². The van der Waals surface area contributed by atoms with E-state index in [0.717, 1.165) is 0 Å². The van der Waals surface area contributed by atoms with Crippen LogP contribution in [0.3, 0.4) is 0 Å². The summed E-state index contributed by atoms with van der Waals surface area (Å²) >= 11 is 0. The van der Waals surface area contributed by atoms with Crippen molar-refractivity contribution in [2.45, 2.75) is 53.6 Å². The number of hydrogen-bond donors (Lipinski definition) is 0. The Kier molecular flexibility index (Phi) is 7.77. The molecule has 1 aromatic rings. The van der Waals surface area contributed by atoms with Crippen molar-refractivity contribution >= 4 is 11.6 Å². The zero-order valence-electron chi connectivity index (χ0n) is 16.9. The Labute approximate surface area is 195 Å². The van der Waals surface area contributed by atoms with Crippen molar-refractivity contribution in [1.82, 2.24) is 0 Å². The van der Waals surface area contributed by atoms with Crippen molar-refractivity contribution in [3.05, 3.63) is 35.9 Å². The smallest absolute Gasteiger partial charge is 0.288 e. The summed E-state index contributed by atoms with van der Waals surface area (Å²) in [5.74, 6) is -43.4. The Balaban J connectivity index is 4.08. The summed E-state index contributed by atoms with van der Waals surface area (Å²) in [6.45, 7) is 0. The Morgan fingerprint density at radius 3 is 1.11 bits per heavy atom. The molecule has 218 valence electrons. The van der Waals surface area contributed by atoms with Crippen LogP contribution in [0, 0.1) is 0 Å². The molecule has 0 aliphatic carbocycles. The third-order valence-corrected chi connectivity index (χ3v) is 4.73. The van der Waals surface area contributed by atoms with Gasteiger partial charge in [0.05, 0.1) is 0 Å². The maximum atomic E-state index is 14.7. The number of hydrogen-bond acceptors (Lipinski definition) is 2.